The normalized spacial score (nSPS) is 11.8. The summed E-state index contributed by atoms with van der Waals surface area (Å²) in [7, 11) is 3.05. The van der Waals surface area contributed by atoms with Crippen LogP contribution in [0, 0.1) is 0 Å². The summed E-state index contributed by atoms with van der Waals surface area (Å²) in [4.78, 5) is 15.6. The number of ether oxygens (including phenoxy) is 3. The van der Waals surface area contributed by atoms with Crippen molar-refractivity contribution in [3.63, 3.8) is 0 Å². The van der Waals surface area contributed by atoms with Crippen molar-refractivity contribution in [2.75, 3.05) is 27.2 Å². The maximum absolute atomic E-state index is 12.6. The minimum Gasteiger partial charge on any atom is -0.497 e. The number of nitrogens with zero attached hydrogens (tertiary/aromatic N) is 1. The standard InChI is InChI=1S/C18H28F2N4O4/c1-18(2,3)28-17(25)23-9-8-22-16(21-4)24-11-12-10-13(26-5)6-7-14(12)27-15(19)20/h6-7,10,15H,8-9,11H2,1-5H3,(H,23,25)(H2,21,22,24). The molecule has 0 atom stereocenters. The Morgan fingerprint density at radius 1 is 1.18 bits per heavy atom. The van der Waals surface area contributed by atoms with Gasteiger partial charge in [0, 0.05) is 32.2 Å². The van der Waals surface area contributed by atoms with Crippen molar-refractivity contribution in [3.05, 3.63) is 23.8 Å². The molecule has 1 aromatic rings. The maximum Gasteiger partial charge on any atom is 0.407 e. The van der Waals surface area contributed by atoms with E-state index < -0.39 is 18.3 Å². The molecule has 3 N–H and O–H groups in total. The van der Waals surface area contributed by atoms with E-state index in [2.05, 4.69) is 25.7 Å². The van der Waals surface area contributed by atoms with Gasteiger partial charge in [-0.1, -0.05) is 0 Å². The van der Waals surface area contributed by atoms with Gasteiger partial charge in [0.15, 0.2) is 5.96 Å². The number of carbonyl (C=O) groups is 1. The first-order valence-electron chi connectivity index (χ1n) is 8.67. The van der Waals surface area contributed by atoms with Gasteiger partial charge in [0.25, 0.3) is 0 Å². The fourth-order valence-corrected chi connectivity index (χ4v) is 2.09. The van der Waals surface area contributed by atoms with Crippen LogP contribution < -0.4 is 25.4 Å². The van der Waals surface area contributed by atoms with E-state index in [1.807, 2.05) is 0 Å². The second-order valence-electron chi connectivity index (χ2n) is 6.63. The largest absolute Gasteiger partial charge is 0.497 e. The maximum atomic E-state index is 12.6. The number of benzene rings is 1. The summed E-state index contributed by atoms with van der Waals surface area (Å²) < 4.78 is 39.9. The Labute approximate surface area is 163 Å². The van der Waals surface area contributed by atoms with Crippen LogP contribution in [0.4, 0.5) is 13.6 Å². The summed E-state index contributed by atoms with van der Waals surface area (Å²) in [5, 5.41) is 8.60. The summed E-state index contributed by atoms with van der Waals surface area (Å²) in [6.45, 7) is 3.29. The molecule has 1 amide bonds. The molecule has 0 heterocycles. The second-order valence-corrected chi connectivity index (χ2v) is 6.63. The fourth-order valence-electron chi connectivity index (χ4n) is 2.09. The zero-order valence-electron chi connectivity index (χ0n) is 16.8. The molecule has 28 heavy (non-hydrogen) atoms. The molecular weight excluding hydrogens is 374 g/mol. The first kappa shape index (κ1) is 23.3. The van der Waals surface area contributed by atoms with Crippen LogP contribution in [-0.2, 0) is 11.3 Å². The number of guanidine groups is 1. The smallest absolute Gasteiger partial charge is 0.407 e. The predicted molar refractivity (Wildman–Crippen MR) is 102 cm³/mol. The van der Waals surface area contributed by atoms with E-state index in [4.69, 9.17) is 9.47 Å². The Kier molecular flexibility index (Phi) is 9.26. The monoisotopic (exact) mass is 402 g/mol. The average Bonchev–Trinajstić information content (AvgIpc) is 2.60. The molecule has 0 aliphatic carbocycles. The molecular formula is C18H28F2N4O4. The molecule has 1 aromatic carbocycles. The second kappa shape index (κ2) is 11.2. The molecule has 0 spiro atoms. The van der Waals surface area contributed by atoms with Crippen LogP contribution in [0.5, 0.6) is 11.5 Å². The lowest BCUT2D eigenvalue weighted by Gasteiger charge is -2.20. The van der Waals surface area contributed by atoms with Crippen LogP contribution in [0.2, 0.25) is 0 Å². The molecule has 0 fully saturated rings. The first-order chi connectivity index (χ1) is 13.1. The van der Waals surface area contributed by atoms with Crippen molar-refractivity contribution in [1.82, 2.24) is 16.0 Å². The third-order valence-electron chi connectivity index (χ3n) is 3.24. The number of carbonyl (C=O) groups excluding carboxylic acids is 1. The molecule has 158 valence electrons. The number of halogens is 2. The van der Waals surface area contributed by atoms with Gasteiger partial charge in [-0.3, -0.25) is 4.99 Å². The Balaban J connectivity index is 2.52. The highest BCUT2D eigenvalue weighted by Gasteiger charge is 2.15. The topological polar surface area (TPSA) is 93.2 Å². The van der Waals surface area contributed by atoms with Crippen LogP contribution in [-0.4, -0.2) is 51.5 Å². The van der Waals surface area contributed by atoms with E-state index in [9.17, 15) is 13.6 Å². The molecule has 10 heteroatoms. The summed E-state index contributed by atoms with van der Waals surface area (Å²) >= 11 is 0. The predicted octanol–water partition coefficient (Wildman–Crippen LogP) is 2.49. The Morgan fingerprint density at radius 3 is 2.43 bits per heavy atom. The van der Waals surface area contributed by atoms with Crippen molar-refractivity contribution in [2.45, 2.75) is 39.5 Å². The van der Waals surface area contributed by atoms with Crippen molar-refractivity contribution >= 4 is 12.1 Å². The van der Waals surface area contributed by atoms with Crippen LogP contribution in [0.1, 0.15) is 26.3 Å². The van der Waals surface area contributed by atoms with Gasteiger partial charge in [0.05, 0.1) is 7.11 Å². The van der Waals surface area contributed by atoms with Crippen molar-refractivity contribution in [3.8, 4) is 11.5 Å². The highest BCUT2D eigenvalue weighted by Crippen LogP contribution is 2.25. The minimum atomic E-state index is -2.93. The molecule has 0 unspecified atom stereocenters. The third kappa shape index (κ3) is 9.24. The first-order valence-corrected chi connectivity index (χ1v) is 8.67. The lowest BCUT2D eigenvalue weighted by molar-refractivity contribution is -0.0505. The zero-order chi connectivity index (χ0) is 21.2. The highest BCUT2D eigenvalue weighted by atomic mass is 19.3. The summed E-state index contributed by atoms with van der Waals surface area (Å²) in [5.41, 5.74) is -0.0846. The number of methoxy groups -OCH3 is 1. The molecule has 0 aromatic heterocycles. The number of aliphatic imine (C=N–C) groups is 1. The van der Waals surface area contributed by atoms with Crippen molar-refractivity contribution in [1.29, 1.82) is 0 Å². The summed E-state index contributed by atoms with van der Waals surface area (Å²) in [5.74, 6) is 0.991. The number of nitrogens with one attached hydrogen (secondary N) is 3. The number of alkyl carbamates (subject to hydrolysis) is 1. The van der Waals surface area contributed by atoms with E-state index in [-0.39, 0.29) is 12.3 Å². The van der Waals surface area contributed by atoms with Gasteiger partial charge < -0.3 is 30.2 Å². The van der Waals surface area contributed by atoms with Gasteiger partial charge in [-0.15, -0.1) is 0 Å². The third-order valence-corrected chi connectivity index (χ3v) is 3.24. The van der Waals surface area contributed by atoms with Gasteiger partial charge in [-0.2, -0.15) is 8.78 Å². The minimum absolute atomic E-state index is 0.0466. The van der Waals surface area contributed by atoms with Crippen LogP contribution >= 0.6 is 0 Å². The van der Waals surface area contributed by atoms with Crippen LogP contribution in [0.15, 0.2) is 23.2 Å². The Bertz CT molecular complexity index is 663. The number of rotatable bonds is 8. The lowest BCUT2D eigenvalue weighted by Crippen LogP contribution is -2.42. The lowest BCUT2D eigenvalue weighted by atomic mass is 10.2. The molecule has 1 rings (SSSR count). The zero-order valence-corrected chi connectivity index (χ0v) is 16.8. The van der Waals surface area contributed by atoms with Gasteiger partial charge in [0.1, 0.15) is 17.1 Å². The Morgan fingerprint density at radius 2 is 1.86 bits per heavy atom. The number of hydrogen-bond acceptors (Lipinski definition) is 5. The van der Waals surface area contributed by atoms with Gasteiger partial charge >= 0.3 is 12.7 Å². The van der Waals surface area contributed by atoms with E-state index in [1.165, 1.54) is 19.2 Å². The number of alkyl halides is 2. The molecule has 0 bridgehead atoms. The quantitative estimate of drug-likeness (QED) is 0.351. The van der Waals surface area contributed by atoms with Gasteiger partial charge in [0.2, 0.25) is 0 Å². The van der Waals surface area contributed by atoms with Crippen LogP contribution in [0.25, 0.3) is 0 Å². The molecule has 0 saturated heterocycles. The Hall–Kier alpha value is -2.78. The average molecular weight is 402 g/mol. The van der Waals surface area contributed by atoms with E-state index in [0.717, 1.165) is 0 Å². The molecule has 0 aliphatic rings. The van der Waals surface area contributed by atoms with Gasteiger partial charge in [-0.25, -0.2) is 4.79 Å². The SMILES string of the molecule is CN=C(NCCNC(=O)OC(C)(C)C)NCc1cc(OC)ccc1OC(F)F. The van der Waals surface area contributed by atoms with Gasteiger partial charge in [-0.05, 0) is 39.0 Å². The van der Waals surface area contributed by atoms with Crippen molar-refractivity contribution in [2.24, 2.45) is 4.99 Å². The molecule has 0 radical (unpaired) electrons. The molecule has 0 saturated carbocycles. The number of amides is 1. The molecule has 0 aliphatic heterocycles. The molecule has 8 nitrogen and oxygen atoms in total. The van der Waals surface area contributed by atoms with E-state index >= 15 is 0 Å². The fraction of sp³-hybridized carbons (Fsp3) is 0.556. The van der Waals surface area contributed by atoms with Crippen molar-refractivity contribution < 1.29 is 27.8 Å². The summed E-state index contributed by atoms with van der Waals surface area (Å²) in [6.07, 6.45) is -0.512. The highest BCUT2D eigenvalue weighted by molar-refractivity contribution is 5.79. The van der Waals surface area contributed by atoms with E-state index in [0.29, 0.717) is 30.4 Å². The van der Waals surface area contributed by atoms with E-state index in [1.54, 1.807) is 33.9 Å². The van der Waals surface area contributed by atoms with Crippen LogP contribution in [0.3, 0.4) is 0 Å². The summed E-state index contributed by atoms with van der Waals surface area (Å²) in [6, 6.07) is 4.56. The number of hydrogen-bond donors (Lipinski definition) is 3.